The van der Waals surface area contributed by atoms with Crippen LogP contribution in [0.15, 0.2) is 48.5 Å². The van der Waals surface area contributed by atoms with Crippen molar-refractivity contribution in [3.63, 3.8) is 0 Å². The molecule has 0 aliphatic carbocycles. The standard InChI is InChI=1S/C22H13N3O9/c26-15-8-14(20(29)30)23-13-7-9(5-6-10(13)15)19(28)25(22(33)34)18-16(21(31)32)17(27)11-3-1-2-4-12(11)24-18/h1-8H,(H,23,26)(H,24,27)(H,29,30)(H,31,32)(H,33,34). The Bertz CT molecular complexity index is 1550. The number of imide groups is 1. The molecule has 34 heavy (non-hydrogen) atoms. The SMILES string of the molecule is O=C(O)c1cc(O)c2ccc(C(=O)N(C(=O)O)c3nc4ccccc4c(O)c3C(=O)O)cc2n1. The highest BCUT2D eigenvalue weighted by molar-refractivity contribution is 6.22. The van der Waals surface area contributed by atoms with E-state index in [1.54, 1.807) is 0 Å². The Morgan fingerprint density at radius 1 is 0.765 bits per heavy atom. The normalized spacial score (nSPS) is 10.8. The molecule has 0 saturated heterocycles. The molecule has 12 nitrogen and oxygen atoms in total. The first-order chi connectivity index (χ1) is 16.1. The summed E-state index contributed by atoms with van der Waals surface area (Å²) in [6.45, 7) is 0. The molecule has 2 aromatic carbocycles. The zero-order valence-corrected chi connectivity index (χ0v) is 16.8. The maximum Gasteiger partial charge on any atom is 0.420 e. The van der Waals surface area contributed by atoms with Gasteiger partial charge in [-0.05, 0) is 30.3 Å². The van der Waals surface area contributed by atoms with Gasteiger partial charge >= 0.3 is 18.0 Å². The topological polar surface area (TPSA) is 198 Å². The van der Waals surface area contributed by atoms with Crippen LogP contribution in [0.2, 0.25) is 0 Å². The highest BCUT2D eigenvalue weighted by atomic mass is 16.4. The molecule has 0 bridgehead atoms. The maximum absolute atomic E-state index is 13.2. The second kappa shape index (κ2) is 8.02. The Balaban J connectivity index is 1.92. The number of aromatic carboxylic acids is 2. The number of benzene rings is 2. The molecule has 0 aliphatic rings. The fourth-order valence-electron chi connectivity index (χ4n) is 3.40. The van der Waals surface area contributed by atoms with E-state index in [9.17, 15) is 39.6 Å². The summed E-state index contributed by atoms with van der Waals surface area (Å²) < 4.78 is 0. The van der Waals surface area contributed by atoms with Crippen molar-refractivity contribution in [2.75, 3.05) is 4.90 Å². The van der Waals surface area contributed by atoms with Gasteiger partial charge in [0.2, 0.25) is 0 Å². The molecule has 170 valence electrons. The van der Waals surface area contributed by atoms with Crippen LogP contribution in [0.4, 0.5) is 10.6 Å². The van der Waals surface area contributed by atoms with E-state index in [4.69, 9.17) is 5.11 Å². The molecule has 4 rings (SSSR count). The van der Waals surface area contributed by atoms with Gasteiger partial charge in [0.25, 0.3) is 5.91 Å². The van der Waals surface area contributed by atoms with E-state index in [2.05, 4.69) is 9.97 Å². The number of anilines is 1. The number of aromatic hydroxyl groups is 2. The molecular weight excluding hydrogens is 450 g/mol. The second-order valence-corrected chi connectivity index (χ2v) is 6.97. The molecule has 2 aromatic heterocycles. The fraction of sp³-hybridized carbons (Fsp3) is 0. The van der Waals surface area contributed by atoms with Gasteiger partial charge in [0.05, 0.1) is 11.0 Å². The molecule has 2 amide bonds. The third-order valence-electron chi connectivity index (χ3n) is 4.92. The number of rotatable bonds is 4. The number of para-hydroxylation sites is 1. The molecule has 0 aliphatic heterocycles. The third kappa shape index (κ3) is 3.54. The van der Waals surface area contributed by atoms with Crippen molar-refractivity contribution in [3.8, 4) is 11.5 Å². The summed E-state index contributed by atoms with van der Waals surface area (Å²) in [5.41, 5.74) is -1.83. The van der Waals surface area contributed by atoms with Crippen LogP contribution in [0.3, 0.4) is 0 Å². The highest BCUT2D eigenvalue weighted by Crippen LogP contribution is 2.35. The molecule has 0 spiro atoms. The lowest BCUT2D eigenvalue weighted by atomic mass is 10.1. The lowest BCUT2D eigenvalue weighted by Gasteiger charge is -2.20. The molecule has 0 fully saturated rings. The largest absolute Gasteiger partial charge is 0.507 e. The van der Waals surface area contributed by atoms with Crippen LogP contribution in [-0.4, -0.2) is 59.4 Å². The summed E-state index contributed by atoms with van der Waals surface area (Å²) in [6.07, 6.45) is -1.88. The lowest BCUT2D eigenvalue weighted by Crippen LogP contribution is -2.37. The van der Waals surface area contributed by atoms with Crippen molar-refractivity contribution < 1.29 is 44.7 Å². The lowest BCUT2D eigenvalue weighted by molar-refractivity contribution is 0.0681. The number of aromatic nitrogens is 2. The van der Waals surface area contributed by atoms with E-state index in [1.165, 1.54) is 30.3 Å². The van der Waals surface area contributed by atoms with Gasteiger partial charge in [-0.25, -0.2) is 24.4 Å². The number of carboxylic acid groups (broad SMARTS) is 3. The van der Waals surface area contributed by atoms with Crippen molar-refractivity contribution in [2.45, 2.75) is 0 Å². The first-order valence-electron chi connectivity index (χ1n) is 9.39. The Hall–Kier alpha value is -5.26. The van der Waals surface area contributed by atoms with Gasteiger partial charge < -0.3 is 25.5 Å². The van der Waals surface area contributed by atoms with Crippen LogP contribution in [0, 0.1) is 0 Å². The van der Waals surface area contributed by atoms with Crippen molar-refractivity contribution in [3.05, 3.63) is 65.4 Å². The quantitative estimate of drug-likeness (QED) is 0.298. The van der Waals surface area contributed by atoms with Gasteiger partial charge in [-0.15, -0.1) is 0 Å². The Morgan fingerprint density at radius 2 is 1.47 bits per heavy atom. The van der Waals surface area contributed by atoms with E-state index in [1.807, 2.05) is 0 Å². The van der Waals surface area contributed by atoms with Gasteiger partial charge in [0.15, 0.2) is 11.5 Å². The highest BCUT2D eigenvalue weighted by Gasteiger charge is 2.33. The van der Waals surface area contributed by atoms with E-state index in [0.717, 1.165) is 18.2 Å². The minimum absolute atomic E-state index is 0.0352. The predicted molar refractivity (Wildman–Crippen MR) is 116 cm³/mol. The first kappa shape index (κ1) is 22.0. The molecule has 0 radical (unpaired) electrons. The minimum atomic E-state index is -1.88. The van der Waals surface area contributed by atoms with Crippen molar-refractivity contribution in [2.24, 2.45) is 0 Å². The monoisotopic (exact) mass is 463 g/mol. The van der Waals surface area contributed by atoms with Crippen LogP contribution in [0.1, 0.15) is 31.2 Å². The average Bonchev–Trinajstić information content (AvgIpc) is 2.78. The number of carbonyl (C=O) groups excluding carboxylic acids is 1. The molecule has 4 aromatic rings. The average molecular weight is 463 g/mol. The molecule has 2 heterocycles. The molecule has 0 atom stereocenters. The Morgan fingerprint density at radius 3 is 2.12 bits per heavy atom. The Kier molecular flexibility index (Phi) is 5.18. The summed E-state index contributed by atoms with van der Waals surface area (Å²) in [4.78, 5) is 56.2. The molecular formula is C22H13N3O9. The maximum atomic E-state index is 13.2. The van der Waals surface area contributed by atoms with Crippen LogP contribution < -0.4 is 4.90 Å². The number of pyridine rings is 2. The van der Waals surface area contributed by atoms with E-state index < -0.39 is 52.5 Å². The first-order valence-corrected chi connectivity index (χ1v) is 9.39. The zero-order valence-electron chi connectivity index (χ0n) is 16.8. The summed E-state index contributed by atoms with van der Waals surface area (Å²) in [5, 5.41) is 49.2. The number of hydrogen-bond donors (Lipinski definition) is 5. The Labute approximate surface area is 188 Å². The van der Waals surface area contributed by atoms with Gasteiger partial charge in [-0.1, -0.05) is 12.1 Å². The summed E-state index contributed by atoms with van der Waals surface area (Å²) in [5.74, 6) is -6.45. The number of nitrogens with zero attached hydrogens (tertiary/aromatic N) is 3. The van der Waals surface area contributed by atoms with Crippen LogP contribution >= 0.6 is 0 Å². The van der Waals surface area contributed by atoms with Crippen molar-refractivity contribution >= 4 is 51.6 Å². The van der Waals surface area contributed by atoms with Gasteiger partial charge in [-0.3, -0.25) is 4.79 Å². The number of carbonyl (C=O) groups is 4. The van der Waals surface area contributed by atoms with Crippen molar-refractivity contribution in [1.82, 2.24) is 9.97 Å². The van der Waals surface area contributed by atoms with Gasteiger partial charge in [0, 0.05) is 22.4 Å². The number of carboxylic acids is 2. The molecule has 12 heteroatoms. The molecule has 0 saturated carbocycles. The second-order valence-electron chi connectivity index (χ2n) is 6.97. The summed E-state index contributed by atoms with van der Waals surface area (Å²) >= 11 is 0. The van der Waals surface area contributed by atoms with Crippen LogP contribution in [-0.2, 0) is 0 Å². The van der Waals surface area contributed by atoms with Gasteiger partial charge in [0.1, 0.15) is 17.1 Å². The van der Waals surface area contributed by atoms with E-state index in [-0.39, 0.29) is 32.3 Å². The number of amides is 2. The predicted octanol–water partition coefficient (Wildman–Crippen LogP) is 2.92. The third-order valence-corrected chi connectivity index (χ3v) is 4.92. The number of hydrogen-bond acceptors (Lipinski definition) is 8. The van der Waals surface area contributed by atoms with Crippen LogP contribution in [0.5, 0.6) is 11.5 Å². The van der Waals surface area contributed by atoms with E-state index in [0.29, 0.717) is 0 Å². The molecule has 0 unspecified atom stereocenters. The molecule has 5 N–H and O–H groups in total. The summed E-state index contributed by atoms with van der Waals surface area (Å²) in [6, 6.07) is 10.1. The zero-order chi connectivity index (χ0) is 24.7. The van der Waals surface area contributed by atoms with E-state index >= 15 is 0 Å². The summed E-state index contributed by atoms with van der Waals surface area (Å²) in [7, 11) is 0. The smallest absolute Gasteiger partial charge is 0.420 e. The number of fused-ring (bicyclic) bond motifs is 2. The fourth-order valence-corrected chi connectivity index (χ4v) is 3.40. The van der Waals surface area contributed by atoms with Gasteiger partial charge in [-0.2, -0.15) is 4.90 Å². The minimum Gasteiger partial charge on any atom is -0.507 e. The van der Waals surface area contributed by atoms with Crippen molar-refractivity contribution in [1.29, 1.82) is 0 Å². The van der Waals surface area contributed by atoms with Crippen LogP contribution in [0.25, 0.3) is 21.8 Å².